The summed E-state index contributed by atoms with van der Waals surface area (Å²) in [5, 5.41) is 16.6. The second-order valence-corrected chi connectivity index (χ2v) is 7.59. The molecule has 1 aromatic heterocycles. The highest BCUT2D eigenvalue weighted by molar-refractivity contribution is 5.51. The minimum atomic E-state index is -0.315. The third kappa shape index (κ3) is 3.77. The Morgan fingerprint density at radius 1 is 0.931 bits per heavy atom. The van der Waals surface area contributed by atoms with Gasteiger partial charge < -0.3 is 14.8 Å². The van der Waals surface area contributed by atoms with Gasteiger partial charge in [0.2, 0.25) is 0 Å². The monoisotopic (exact) mass is 393 g/mol. The standard InChI is InChI=1S/C22H27N5O2/c1-16-7-9-17(10-8-16)23-22(13-5-4-6-14-22)21-24-25-26-27(21)18-11-12-19(28-2)20(15-18)29-3/h7-12,15,23H,4-6,13-14H2,1-3H3. The highest BCUT2D eigenvalue weighted by atomic mass is 16.5. The Labute approximate surface area is 171 Å². The Balaban J connectivity index is 1.75. The maximum Gasteiger partial charge on any atom is 0.181 e. The maximum absolute atomic E-state index is 5.47. The van der Waals surface area contributed by atoms with Crippen molar-refractivity contribution in [1.82, 2.24) is 20.2 Å². The normalized spacial score (nSPS) is 15.7. The van der Waals surface area contributed by atoms with E-state index in [4.69, 9.17) is 9.47 Å². The number of ether oxygens (including phenoxy) is 2. The van der Waals surface area contributed by atoms with Gasteiger partial charge in [-0.3, -0.25) is 0 Å². The molecule has 1 aliphatic carbocycles. The maximum atomic E-state index is 5.47. The molecule has 7 nitrogen and oxygen atoms in total. The van der Waals surface area contributed by atoms with E-state index in [1.54, 1.807) is 14.2 Å². The van der Waals surface area contributed by atoms with Gasteiger partial charge in [-0.15, -0.1) is 5.10 Å². The van der Waals surface area contributed by atoms with Gasteiger partial charge in [-0.25, -0.2) is 0 Å². The number of benzene rings is 2. The fourth-order valence-corrected chi connectivity index (χ4v) is 4.09. The molecule has 4 rings (SSSR count). The first-order chi connectivity index (χ1) is 14.1. The molecule has 0 unspecified atom stereocenters. The lowest BCUT2D eigenvalue weighted by Crippen LogP contribution is -2.40. The number of aryl methyl sites for hydroxylation is 1. The van der Waals surface area contributed by atoms with Crippen LogP contribution in [0.5, 0.6) is 11.5 Å². The third-order valence-electron chi connectivity index (χ3n) is 5.65. The number of hydrogen-bond donors (Lipinski definition) is 1. The number of aromatic nitrogens is 4. The van der Waals surface area contributed by atoms with Crippen LogP contribution in [0.3, 0.4) is 0 Å². The van der Waals surface area contributed by atoms with Crippen LogP contribution in [-0.4, -0.2) is 34.4 Å². The lowest BCUT2D eigenvalue weighted by Gasteiger charge is -2.37. The average molecular weight is 393 g/mol. The number of anilines is 1. The predicted molar refractivity (Wildman–Crippen MR) is 112 cm³/mol. The number of hydrogen-bond acceptors (Lipinski definition) is 6. The van der Waals surface area contributed by atoms with Gasteiger partial charge in [0.15, 0.2) is 17.3 Å². The first kappa shape index (κ1) is 19.2. The number of rotatable bonds is 6. The van der Waals surface area contributed by atoms with Crippen molar-refractivity contribution >= 4 is 5.69 Å². The first-order valence-corrected chi connectivity index (χ1v) is 10.0. The van der Waals surface area contributed by atoms with Crippen molar-refractivity contribution in [1.29, 1.82) is 0 Å². The molecule has 1 aliphatic rings. The molecular formula is C22H27N5O2. The number of methoxy groups -OCH3 is 2. The van der Waals surface area contributed by atoms with Crippen molar-refractivity contribution in [3.63, 3.8) is 0 Å². The molecule has 7 heteroatoms. The quantitative estimate of drug-likeness (QED) is 0.674. The summed E-state index contributed by atoms with van der Waals surface area (Å²) in [7, 11) is 3.26. The molecule has 0 amide bonds. The Morgan fingerprint density at radius 3 is 2.34 bits per heavy atom. The zero-order valence-electron chi connectivity index (χ0n) is 17.2. The van der Waals surface area contributed by atoms with Crippen molar-refractivity contribution < 1.29 is 9.47 Å². The molecule has 1 fully saturated rings. The molecular weight excluding hydrogens is 366 g/mol. The summed E-state index contributed by atoms with van der Waals surface area (Å²) in [5.41, 5.74) is 2.85. The van der Waals surface area contributed by atoms with E-state index in [0.29, 0.717) is 11.5 Å². The van der Waals surface area contributed by atoms with Crippen LogP contribution in [-0.2, 0) is 5.54 Å². The van der Waals surface area contributed by atoms with Crippen LogP contribution < -0.4 is 14.8 Å². The molecule has 152 valence electrons. The summed E-state index contributed by atoms with van der Waals surface area (Å²) in [6.07, 6.45) is 5.47. The zero-order valence-corrected chi connectivity index (χ0v) is 17.2. The minimum Gasteiger partial charge on any atom is -0.493 e. The van der Waals surface area contributed by atoms with Crippen LogP contribution in [0.1, 0.15) is 43.5 Å². The fraction of sp³-hybridized carbons (Fsp3) is 0.409. The van der Waals surface area contributed by atoms with Gasteiger partial charge in [-0.2, -0.15) is 4.68 Å². The summed E-state index contributed by atoms with van der Waals surface area (Å²) < 4.78 is 12.6. The topological polar surface area (TPSA) is 74.1 Å². The average Bonchev–Trinajstić information content (AvgIpc) is 3.26. The van der Waals surface area contributed by atoms with Crippen LogP contribution in [0.15, 0.2) is 42.5 Å². The smallest absolute Gasteiger partial charge is 0.181 e. The van der Waals surface area contributed by atoms with Crippen LogP contribution >= 0.6 is 0 Å². The van der Waals surface area contributed by atoms with Gasteiger partial charge in [-0.05, 0) is 54.5 Å². The zero-order chi connectivity index (χ0) is 20.3. The third-order valence-corrected chi connectivity index (χ3v) is 5.65. The van der Waals surface area contributed by atoms with Gasteiger partial charge in [0.1, 0.15) is 0 Å². The molecule has 29 heavy (non-hydrogen) atoms. The van der Waals surface area contributed by atoms with E-state index in [-0.39, 0.29) is 5.54 Å². The van der Waals surface area contributed by atoms with Gasteiger partial charge in [-0.1, -0.05) is 37.0 Å². The van der Waals surface area contributed by atoms with E-state index in [1.165, 1.54) is 12.0 Å². The van der Waals surface area contributed by atoms with E-state index in [9.17, 15) is 0 Å². The van der Waals surface area contributed by atoms with E-state index in [2.05, 4.69) is 52.0 Å². The van der Waals surface area contributed by atoms with Crippen molar-refractivity contribution in [3.05, 3.63) is 53.9 Å². The predicted octanol–water partition coefficient (Wildman–Crippen LogP) is 4.26. The number of tetrazole rings is 1. The van der Waals surface area contributed by atoms with Gasteiger partial charge in [0.05, 0.1) is 25.4 Å². The molecule has 0 saturated heterocycles. The lowest BCUT2D eigenvalue weighted by molar-refractivity contribution is 0.309. The molecule has 2 aromatic carbocycles. The molecule has 0 bridgehead atoms. The van der Waals surface area contributed by atoms with Crippen molar-refractivity contribution in [2.45, 2.75) is 44.6 Å². The van der Waals surface area contributed by atoms with Crippen LogP contribution in [0.2, 0.25) is 0 Å². The summed E-state index contributed by atoms with van der Waals surface area (Å²) in [4.78, 5) is 0. The van der Waals surface area contributed by atoms with Crippen LogP contribution in [0.4, 0.5) is 5.69 Å². The second-order valence-electron chi connectivity index (χ2n) is 7.59. The molecule has 0 atom stereocenters. The minimum absolute atomic E-state index is 0.315. The Morgan fingerprint density at radius 2 is 1.66 bits per heavy atom. The summed E-state index contributed by atoms with van der Waals surface area (Å²) in [5.74, 6) is 2.15. The molecule has 0 aliphatic heterocycles. The summed E-state index contributed by atoms with van der Waals surface area (Å²) in [6, 6.07) is 14.2. The van der Waals surface area contributed by atoms with Crippen molar-refractivity contribution in [2.75, 3.05) is 19.5 Å². The van der Waals surface area contributed by atoms with Gasteiger partial charge >= 0.3 is 0 Å². The Hall–Kier alpha value is -3.09. The molecule has 3 aromatic rings. The van der Waals surface area contributed by atoms with Crippen molar-refractivity contribution in [3.8, 4) is 17.2 Å². The Bertz CT molecular complexity index is 962. The van der Waals surface area contributed by atoms with Crippen LogP contribution in [0, 0.1) is 6.92 Å². The van der Waals surface area contributed by atoms with Gasteiger partial charge in [0.25, 0.3) is 0 Å². The van der Waals surface area contributed by atoms with Gasteiger partial charge in [0, 0.05) is 11.8 Å². The molecule has 0 spiro atoms. The number of nitrogens with one attached hydrogen (secondary N) is 1. The van der Waals surface area contributed by atoms with E-state index in [1.807, 2.05) is 22.9 Å². The van der Waals surface area contributed by atoms with Crippen molar-refractivity contribution in [2.24, 2.45) is 0 Å². The Kier molecular flexibility index (Phi) is 5.38. The first-order valence-electron chi connectivity index (χ1n) is 10.0. The highest BCUT2D eigenvalue weighted by Gasteiger charge is 2.39. The summed E-state index contributed by atoms with van der Waals surface area (Å²) >= 11 is 0. The molecule has 1 N–H and O–H groups in total. The van der Waals surface area contributed by atoms with E-state index in [0.717, 1.165) is 42.9 Å². The molecule has 0 radical (unpaired) electrons. The SMILES string of the molecule is COc1ccc(-n2nnnc2C2(Nc3ccc(C)cc3)CCCCC2)cc1OC. The van der Waals surface area contributed by atoms with E-state index < -0.39 is 0 Å². The molecule has 1 saturated carbocycles. The fourth-order valence-electron chi connectivity index (χ4n) is 4.09. The summed E-state index contributed by atoms with van der Waals surface area (Å²) in [6.45, 7) is 2.10. The lowest BCUT2D eigenvalue weighted by atomic mass is 9.80. The largest absolute Gasteiger partial charge is 0.493 e. The van der Waals surface area contributed by atoms with E-state index >= 15 is 0 Å². The second kappa shape index (κ2) is 8.11. The highest BCUT2D eigenvalue weighted by Crippen LogP contribution is 2.40. The van der Waals surface area contributed by atoms with Crippen LogP contribution in [0.25, 0.3) is 5.69 Å². The molecule has 1 heterocycles. The number of nitrogens with zero attached hydrogens (tertiary/aromatic N) is 4.